The third-order valence-corrected chi connectivity index (χ3v) is 7.44. The predicted octanol–water partition coefficient (Wildman–Crippen LogP) is 2.92. The Labute approximate surface area is 193 Å². The van der Waals surface area contributed by atoms with Crippen LogP contribution in [0.2, 0.25) is 0 Å². The molecule has 2 aliphatic carbocycles. The predicted molar refractivity (Wildman–Crippen MR) is 120 cm³/mol. The number of piperidine rings is 1. The van der Waals surface area contributed by atoms with Gasteiger partial charge in [-0.05, 0) is 75.3 Å². The second-order valence-electron chi connectivity index (χ2n) is 10.0. The summed E-state index contributed by atoms with van der Waals surface area (Å²) in [5.41, 5.74) is 2.51. The largest absolute Gasteiger partial charge is 0.508 e. The van der Waals surface area contributed by atoms with Gasteiger partial charge in [0.2, 0.25) is 0 Å². The van der Waals surface area contributed by atoms with E-state index < -0.39 is 17.7 Å². The minimum absolute atomic E-state index is 0.109. The Balaban J connectivity index is 0.000000281. The maximum atomic E-state index is 10.1. The van der Waals surface area contributed by atoms with Crippen molar-refractivity contribution in [3.05, 3.63) is 41.5 Å². The van der Waals surface area contributed by atoms with Gasteiger partial charge in [-0.2, -0.15) is 0 Å². The highest BCUT2D eigenvalue weighted by Crippen LogP contribution is 2.51. The highest BCUT2D eigenvalue weighted by atomic mass is 16.7. The summed E-state index contributed by atoms with van der Waals surface area (Å²) in [6.07, 6.45) is 7.51. The van der Waals surface area contributed by atoms with Crippen LogP contribution < -0.4 is 0 Å². The van der Waals surface area contributed by atoms with Crippen LogP contribution in [0.3, 0.4) is 0 Å². The van der Waals surface area contributed by atoms with E-state index in [0.29, 0.717) is 30.6 Å². The summed E-state index contributed by atoms with van der Waals surface area (Å²) in [6.45, 7) is 7.08. The van der Waals surface area contributed by atoms with E-state index in [2.05, 4.69) is 11.0 Å². The van der Waals surface area contributed by atoms with Crippen molar-refractivity contribution in [3.63, 3.8) is 0 Å². The number of carbonyl (C=O) groups is 2. The number of hydrogen-bond acceptors (Lipinski definition) is 6. The van der Waals surface area contributed by atoms with E-state index >= 15 is 0 Å². The Morgan fingerprint density at radius 3 is 2.48 bits per heavy atom. The number of phenolic OH excluding ortho intramolecular Hbond substituents is 1. The van der Waals surface area contributed by atoms with Crippen LogP contribution in [0.4, 0.5) is 0 Å². The van der Waals surface area contributed by atoms with Gasteiger partial charge in [0.15, 0.2) is 5.79 Å². The first-order valence-electron chi connectivity index (χ1n) is 11.6. The van der Waals surface area contributed by atoms with Crippen LogP contribution in [0, 0.1) is 5.92 Å². The van der Waals surface area contributed by atoms with Crippen molar-refractivity contribution in [2.75, 3.05) is 19.7 Å². The Morgan fingerprint density at radius 1 is 1.18 bits per heavy atom. The first-order valence-corrected chi connectivity index (χ1v) is 11.6. The van der Waals surface area contributed by atoms with Crippen molar-refractivity contribution in [3.8, 4) is 5.75 Å². The monoisotopic (exact) mass is 459 g/mol. The normalized spacial score (nSPS) is 30.4. The molecule has 1 saturated carbocycles. The average Bonchev–Trinajstić information content (AvgIpc) is 2.71. The fourth-order valence-corrected chi connectivity index (χ4v) is 5.61. The number of ether oxygens (including phenoxy) is 2. The Morgan fingerprint density at radius 2 is 1.88 bits per heavy atom. The number of fused-ring (bicyclic) bond motifs is 1. The third-order valence-electron chi connectivity index (χ3n) is 7.44. The van der Waals surface area contributed by atoms with E-state index in [1.807, 2.05) is 26.0 Å². The minimum Gasteiger partial charge on any atom is -0.508 e. The summed E-state index contributed by atoms with van der Waals surface area (Å²) in [7, 11) is 0. The Bertz CT molecular complexity index is 923. The molecule has 0 unspecified atom stereocenters. The second kappa shape index (κ2) is 9.08. The summed E-state index contributed by atoms with van der Waals surface area (Å²) in [6, 6.07) is 6.33. The molecule has 2 aliphatic heterocycles. The highest BCUT2D eigenvalue weighted by Gasteiger charge is 2.58. The molecule has 2 heterocycles. The van der Waals surface area contributed by atoms with Crippen molar-refractivity contribution < 1.29 is 34.4 Å². The van der Waals surface area contributed by atoms with E-state index in [0.717, 1.165) is 25.3 Å². The van der Waals surface area contributed by atoms with Gasteiger partial charge in [0.25, 0.3) is 0 Å². The number of rotatable bonds is 4. The lowest BCUT2D eigenvalue weighted by molar-refractivity contribution is -0.322. The van der Waals surface area contributed by atoms with Gasteiger partial charge in [0.1, 0.15) is 5.75 Å². The molecule has 2 saturated heterocycles. The standard InChI is InChI=1S/C21H29NO3.C4H4O4/c1-20(2)24-13-21-8-9-22(12-14-4-3-5-14)18(19(21)25-20)10-15-6-7-16(23)11-17(15)21;5-3(6)1-2-4(7)8/h6-7,11,14,18-19,23H,3-5,8-10,12-13H2,1-2H3;1-2H,(H,5,6)(H,7,8)/b;2-1+/t18-,19+,21-;/m1./s1. The van der Waals surface area contributed by atoms with Gasteiger partial charge >= 0.3 is 11.9 Å². The molecule has 180 valence electrons. The number of nitrogens with zero attached hydrogens (tertiary/aromatic N) is 1. The molecule has 0 amide bonds. The van der Waals surface area contributed by atoms with Gasteiger partial charge in [0.05, 0.1) is 12.7 Å². The molecule has 2 bridgehead atoms. The zero-order valence-corrected chi connectivity index (χ0v) is 19.2. The zero-order chi connectivity index (χ0) is 23.8. The van der Waals surface area contributed by atoms with Gasteiger partial charge in [-0.25, -0.2) is 9.59 Å². The lowest BCUT2D eigenvalue weighted by Gasteiger charge is -2.60. The minimum atomic E-state index is -1.26. The maximum absolute atomic E-state index is 10.1. The molecule has 8 nitrogen and oxygen atoms in total. The summed E-state index contributed by atoms with van der Waals surface area (Å²) < 4.78 is 12.7. The maximum Gasteiger partial charge on any atom is 0.328 e. The molecular weight excluding hydrogens is 426 g/mol. The molecule has 3 atom stereocenters. The summed E-state index contributed by atoms with van der Waals surface area (Å²) in [5.74, 6) is -1.81. The van der Waals surface area contributed by atoms with Crippen molar-refractivity contribution in [2.24, 2.45) is 5.92 Å². The second-order valence-corrected chi connectivity index (χ2v) is 10.0. The van der Waals surface area contributed by atoms with Gasteiger partial charge in [-0.3, -0.25) is 4.90 Å². The molecule has 3 fully saturated rings. The highest BCUT2D eigenvalue weighted by molar-refractivity contribution is 5.89. The molecule has 1 aromatic rings. The topological polar surface area (TPSA) is 117 Å². The van der Waals surface area contributed by atoms with Crippen molar-refractivity contribution in [2.45, 2.75) is 69.3 Å². The molecule has 0 aromatic heterocycles. The van der Waals surface area contributed by atoms with E-state index in [1.54, 1.807) is 0 Å². The molecule has 0 spiro atoms. The number of phenols is 1. The van der Waals surface area contributed by atoms with Crippen molar-refractivity contribution >= 4 is 11.9 Å². The molecule has 5 rings (SSSR count). The average molecular weight is 460 g/mol. The number of carboxylic acids is 2. The number of carboxylic acid groups (broad SMARTS) is 2. The lowest BCUT2D eigenvalue weighted by atomic mass is 9.61. The Hall–Kier alpha value is -2.42. The molecule has 33 heavy (non-hydrogen) atoms. The van der Waals surface area contributed by atoms with Crippen LogP contribution in [0.5, 0.6) is 5.75 Å². The third kappa shape index (κ3) is 4.93. The van der Waals surface area contributed by atoms with Crippen molar-refractivity contribution in [1.82, 2.24) is 4.90 Å². The fraction of sp³-hybridized carbons (Fsp3) is 0.600. The smallest absolute Gasteiger partial charge is 0.328 e. The van der Waals surface area contributed by atoms with Crippen LogP contribution in [0.25, 0.3) is 0 Å². The van der Waals surface area contributed by atoms with E-state index in [4.69, 9.17) is 19.7 Å². The van der Waals surface area contributed by atoms with Crippen LogP contribution >= 0.6 is 0 Å². The van der Waals surface area contributed by atoms with Gasteiger partial charge in [-0.1, -0.05) is 12.5 Å². The molecule has 3 N–H and O–H groups in total. The number of aliphatic carboxylic acids is 2. The summed E-state index contributed by atoms with van der Waals surface area (Å²) in [4.78, 5) is 21.8. The molecule has 8 heteroatoms. The summed E-state index contributed by atoms with van der Waals surface area (Å²) in [5, 5.41) is 25.7. The number of likely N-dealkylation sites (tertiary alicyclic amines) is 1. The van der Waals surface area contributed by atoms with Crippen LogP contribution in [0.15, 0.2) is 30.4 Å². The van der Waals surface area contributed by atoms with E-state index in [-0.39, 0.29) is 11.5 Å². The SMILES string of the molecule is CC1(C)OC[C@]23CCN(CC4CCC4)[C@H](Cc4ccc(O)cc42)[C@@H]3O1.O=C(O)/C=C/C(=O)O. The molecule has 0 radical (unpaired) electrons. The van der Waals surface area contributed by atoms with Gasteiger partial charge in [-0.15, -0.1) is 0 Å². The molecular formula is C25H33NO7. The lowest BCUT2D eigenvalue weighted by Crippen LogP contribution is -2.70. The van der Waals surface area contributed by atoms with Crippen LogP contribution in [-0.4, -0.2) is 69.8 Å². The fourth-order valence-electron chi connectivity index (χ4n) is 5.61. The molecule has 4 aliphatic rings. The van der Waals surface area contributed by atoms with Gasteiger partial charge < -0.3 is 24.8 Å². The van der Waals surface area contributed by atoms with Gasteiger partial charge in [0, 0.05) is 30.2 Å². The Kier molecular flexibility index (Phi) is 6.53. The van der Waals surface area contributed by atoms with Crippen LogP contribution in [0.1, 0.15) is 50.7 Å². The number of aromatic hydroxyl groups is 1. The quantitative estimate of drug-likeness (QED) is 0.589. The first kappa shape index (κ1) is 23.7. The van der Waals surface area contributed by atoms with E-state index in [9.17, 15) is 14.7 Å². The zero-order valence-electron chi connectivity index (χ0n) is 19.2. The number of benzene rings is 1. The van der Waals surface area contributed by atoms with E-state index in [1.165, 1.54) is 36.9 Å². The number of hydrogen-bond donors (Lipinski definition) is 3. The molecule has 1 aromatic carbocycles. The van der Waals surface area contributed by atoms with Crippen molar-refractivity contribution in [1.29, 1.82) is 0 Å². The summed E-state index contributed by atoms with van der Waals surface area (Å²) >= 11 is 0. The first-order chi connectivity index (χ1) is 15.6. The van der Waals surface area contributed by atoms with Crippen LogP contribution in [-0.2, 0) is 30.9 Å².